The molecule has 1 aromatic heterocycles. The number of ether oxygens (including phenoxy) is 2. The molecule has 0 amide bonds. The molecule has 7 heteroatoms. The maximum absolute atomic E-state index is 12.5. The third-order valence-electron chi connectivity index (χ3n) is 3.76. The van der Waals surface area contributed by atoms with Crippen molar-refractivity contribution in [3.05, 3.63) is 63.9 Å². The third kappa shape index (κ3) is 3.60. The normalized spacial score (nSPS) is 11.6. The van der Waals surface area contributed by atoms with Crippen LogP contribution in [0.3, 0.4) is 0 Å². The minimum absolute atomic E-state index is 0.154. The summed E-state index contributed by atoms with van der Waals surface area (Å²) in [4.78, 5) is 15.7. The van der Waals surface area contributed by atoms with E-state index >= 15 is 0 Å². The van der Waals surface area contributed by atoms with Gasteiger partial charge in [-0.05, 0) is 50.2 Å². The lowest BCUT2D eigenvalue weighted by Crippen LogP contribution is -2.16. The highest BCUT2D eigenvalue weighted by molar-refractivity contribution is 5.86. The van der Waals surface area contributed by atoms with Crippen molar-refractivity contribution in [2.45, 2.75) is 20.2 Å². The van der Waals surface area contributed by atoms with Crippen LogP contribution in [0.1, 0.15) is 11.3 Å². The largest absolute Gasteiger partial charge is 0.573 e. The van der Waals surface area contributed by atoms with Gasteiger partial charge in [0.15, 0.2) is 5.43 Å². The molecule has 0 aliphatic rings. The molecule has 25 heavy (non-hydrogen) atoms. The summed E-state index contributed by atoms with van der Waals surface area (Å²) in [5.41, 5.74) is 1.82. The molecule has 0 saturated heterocycles. The van der Waals surface area contributed by atoms with Crippen molar-refractivity contribution in [2.75, 3.05) is 0 Å². The van der Waals surface area contributed by atoms with Crippen LogP contribution in [-0.4, -0.2) is 11.3 Å². The number of fused-ring (bicyclic) bond motifs is 1. The van der Waals surface area contributed by atoms with E-state index in [1.54, 1.807) is 25.1 Å². The number of hydrogen-bond acceptors (Lipinski definition) is 3. The lowest BCUT2D eigenvalue weighted by atomic mass is 10.1. The number of nitrogens with one attached hydrogen (secondary N) is 1. The second-order valence-corrected chi connectivity index (χ2v) is 5.50. The molecular formula is C18H14F3NO3. The molecule has 0 aliphatic carbocycles. The van der Waals surface area contributed by atoms with Gasteiger partial charge in [-0.3, -0.25) is 4.79 Å². The van der Waals surface area contributed by atoms with Crippen LogP contribution in [0.4, 0.5) is 13.2 Å². The molecule has 0 aliphatic heterocycles. The predicted molar refractivity (Wildman–Crippen MR) is 87.2 cm³/mol. The van der Waals surface area contributed by atoms with Crippen LogP contribution in [0.5, 0.6) is 17.2 Å². The summed E-state index contributed by atoms with van der Waals surface area (Å²) in [5.74, 6) is 0.271. The summed E-state index contributed by atoms with van der Waals surface area (Å²) < 4.78 is 46.1. The molecule has 3 aromatic rings. The number of aromatic nitrogens is 1. The third-order valence-corrected chi connectivity index (χ3v) is 3.76. The molecule has 0 bridgehead atoms. The van der Waals surface area contributed by atoms with Gasteiger partial charge in [0.2, 0.25) is 0 Å². The van der Waals surface area contributed by atoms with Gasteiger partial charge in [-0.25, -0.2) is 0 Å². The van der Waals surface area contributed by atoms with Gasteiger partial charge in [0.05, 0.1) is 10.9 Å². The molecule has 3 rings (SSSR count). The minimum Gasteiger partial charge on any atom is -0.457 e. The second-order valence-electron chi connectivity index (χ2n) is 5.50. The smallest absolute Gasteiger partial charge is 0.457 e. The first-order valence-corrected chi connectivity index (χ1v) is 7.40. The van der Waals surface area contributed by atoms with Crippen LogP contribution in [0, 0.1) is 13.8 Å². The first-order valence-electron chi connectivity index (χ1n) is 7.40. The summed E-state index contributed by atoms with van der Waals surface area (Å²) in [6.45, 7) is 3.52. The zero-order valence-electron chi connectivity index (χ0n) is 13.4. The number of rotatable bonds is 3. The van der Waals surface area contributed by atoms with Gasteiger partial charge in [-0.1, -0.05) is 6.07 Å². The summed E-state index contributed by atoms with van der Waals surface area (Å²) in [5, 5.41) is 0.390. The van der Waals surface area contributed by atoms with Gasteiger partial charge in [-0.15, -0.1) is 13.2 Å². The van der Waals surface area contributed by atoms with E-state index in [4.69, 9.17) is 4.74 Å². The molecule has 1 N–H and O–H groups in total. The highest BCUT2D eigenvalue weighted by Gasteiger charge is 2.31. The molecular weight excluding hydrogens is 335 g/mol. The predicted octanol–water partition coefficient (Wildman–Crippen LogP) is 4.84. The Kier molecular flexibility index (Phi) is 4.16. The average Bonchev–Trinajstić information content (AvgIpc) is 2.53. The molecule has 130 valence electrons. The highest BCUT2D eigenvalue weighted by Crippen LogP contribution is 2.30. The fraction of sp³-hybridized carbons (Fsp3) is 0.167. The van der Waals surface area contributed by atoms with E-state index in [0.29, 0.717) is 28.0 Å². The molecule has 2 aromatic carbocycles. The van der Waals surface area contributed by atoms with E-state index in [-0.39, 0.29) is 11.2 Å². The van der Waals surface area contributed by atoms with E-state index in [0.717, 1.165) is 17.8 Å². The van der Waals surface area contributed by atoms with Crippen molar-refractivity contribution in [2.24, 2.45) is 0 Å². The number of aryl methyl sites for hydroxylation is 1. The second kappa shape index (κ2) is 6.16. The highest BCUT2D eigenvalue weighted by atomic mass is 19.4. The number of halogens is 3. The summed E-state index contributed by atoms with van der Waals surface area (Å²) in [7, 11) is 0. The Labute approximate surface area is 140 Å². The van der Waals surface area contributed by atoms with Gasteiger partial charge >= 0.3 is 6.36 Å². The van der Waals surface area contributed by atoms with Crippen molar-refractivity contribution in [1.82, 2.24) is 4.98 Å². The van der Waals surface area contributed by atoms with Crippen LogP contribution in [-0.2, 0) is 0 Å². The van der Waals surface area contributed by atoms with E-state index in [9.17, 15) is 18.0 Å². The van der Waals surface area contributed by atoms with Crippen LogP contribution in [0.2, 0.25) is 0 Å². The Balaban J connectivity index is 1.96. The number of hydrogen-bond donors (Lipinski definition) is 1. The Morgan fingerprint density at radius 1 is 0.960 bits per heavy atom. The standard InChI is InChI=1S/C18H14F3NO3/c1-10-11(2)22-14-4-3-5-15(16(14)17(10)23)24-12-6-8-13(9-7-12)25-18(19,20)21/h3-9H,1-2H3,(H,22,23). The maximum Gasteiger partial charge on any atom is 0.573 e. The van der Waals surface area contributed by atoms with E-state index in [1.165, 1.54) is 12.1 Å². The topological polar surface area (TPSA) is 51.3 Å². The van der Waals surface area contributed by atoms with Gasteiger partial charge in [-0.2, -0.15) is 0 Å². The lowest BCUT2D eigenvalue weighted by Gasteiger charge is -2.12. The lowest BCUT2D eigenvalue weighted by molar-refractivity contribution is -0.274. The summed E-state index contributed by atoms with van der Waals surface area (Å²) in [6.07, 6.45) is -4.75. The Hall–Kier alpha value is -2.96. The fourth-order valence-corrected chi connectivity index (χ4v) is 2.44. The van der Waals surface area contributed by atoms with Crippen molar-refractivity contribution >= 4 is 10.9 Å². The van der Waals surface area contributed by atoms with Crippen molar-refractivity contribution in [1.29, 1.82) is 0 Å². The molecule has 0 radical (unpaired) electrons. The van der Waals surface area contributed by atoms with E-state index in [2.05, 4.69) is 9.72 Å². The van der Waals surface area contributed by atoms with Crippen LogP contribution in [0.25, 0.3) is 10.9 Å². The quantitative estimate of drug-likeness (QED) is 0.736. The van der Waals surface area contributed by atoms with E-state index in [1.807, 2.05) is 6.92 Å². The average molecular weight is 349 g/mol. The Bertz CT molecular complexity index is 976. The number of alkyl halides is 3. The van der Waals surface area contributed by atoms with E-state index < -0.39 is 6.36 Å². The molecule has 0 atom stereocenters. The Morgan fingerprint density at radius 2 is 1.60 bits per heavy atom. The van der Waals surface area contributed by atoms with Crippen LogP contribution >= 0.6 is 0 Å². The minimum atomic E-state index is -4.75. The van der Waals surface area contributed by atoms with Crippen LogP contribution in [0.15, 0.2) is 47.3 Å². The SMILES string of the molecule is Cc1[nH]c2cccc(Oc3ccc(OC(F)(F)F)cc3)c2c(=O)c1C. The Morgan fingerprint density at radius 3 is 2.24 bits per heavy atom. The van der Waals surface area contributed by atoms with Gasteiger partial charge in [0.25, 0.3) is 0 Å². The molecule has 0 saturated carbocycles. The molecule has 4 nitrogen and oxygen atoms in total. The zero-order valence-corrected chi connectivity index (χ0v) is 13.4. The number of benzene rings is 2. The number of aromatic amines is 1. The van der Waals surface area contributed by atoms with Crippen LogP contribution < -0.4 is 14.9 Å². The molecule has 1 heterocycles. The van der Waals surface area contributed by atoms with Crippen molar-refractivity contribution < 1.29 is 22.6 Å². The zero-order chi connectivity index (χ0) is 18.2. The summed E-state index contributed by atoms with van der Waals surface area (Å²) >= 11 is 0. The first-order chi connectivity index (χ1) is 11.7. The summed E-state index contributed by atoms with van der Waals surface area (Å²) in [6, 6.07) is 10.1. The van der Waals surface area contributed by atoms with Gasteiger partial charge in [0.1, 0.15) is 17.2 Å². The molecule has 0 unspecified atom stereocenters. The van der Waals surface area contributed by atoms with Crippen molar-refractivity contribution in [3.63, 3.8) is 0 Å². The number of H-pyrrole nitrogens is 1. The maximum atomic E-state index is 12.5. The van der Waals surface area contributed by atoms with Gasteiger partial charge < -0.3 is 14.5 Å². The number of pyridine rings is 1. The monoisotopic (exact) mass is 349 g/mol. The molecule has 0 spiro atoms. The van der Waals surface area contributed by atoms with Crippen molar-refractivity contribution in [3.8, 4) is 17.2 Å². The first kappa shape index (κ1) is 16.9. The fourth-order valence-electron chi connectivity index (χ4n) is 2.44. The van der Waals surface area contributed by atoms with Gasteiger partial charge in [0, 0.05) is 11.3 Å². The molecule has 0 fully saturated rings.